The third-order valence-electron chi connectivity index (χ3n) is 3.54. The molecule has 0 saturated carbocycles. The Labute approximate surface area is 189 Å². The van der Waals surface area contributed by atoms with Crippen LogP contribution in [0.3, 0.4) is 0 Å². The summed E-state index contributed by atoms with van der Waals surface area (Å²) >= 11 is 0. The summed E-state index contributed by atoms with van der Waals surface area (Å²) in [6.45, 7) is 8.38. The van der Waals surface area contributed by atoms with E-state index in [0.29, 0.717) is 13.1 Å². The largest absolute Gasteiger partial charge is 0.448 e. The zero-order valence-corrected chi connectivity index (χ0v) is 19.5. The summed E-state index contributed by atoms with van der Waals surface area (Å²) in [6, 6.07) is 0. The molecule has 32 heavy (non-hydrogen) atoms. The van der Waals surface area contributed by atoms with Gasteiger partial charge in [0.2, 0.25) is 0 Å². The van der Waals surface area contributed by atoms with Gasteiger partial charge in [-0.2, -0.15) is 0 Å². The highest BCUT2D eigenvalue weighted by molar-refractivity contribution is 5.68. The Kier molecular flexibility index (Phi) is 17.1. The lowest BCUT2D eigenvalue weighted by Gasteiger charge is -2.10. The number of ether oxygens (including phenoxy) is 4. The first-order valence-electron chi connectivity index (χ1n) is 10.9. The van der Waals surface area contributed by atoms with Crippen LogP contribution in [0.25, 0.3) is 0 Å². The predicted octanol–water partition coefficient (Wildman–Crippen LogP) is 2.27. The van der Waals surface area contributed by atoms with Crippen molar-refractivity contribution in [3.05, 3.63) is 0 Å². The van der Waals surface area contributed by atoms with Gasteiger partial charge in [-0.3, -0.25) is 0 Å². The molecule has 0 aliphatic heterocycles. The fourth-order valence-electron chi connectivity index (χ4n) is 2.19. The molecule has 0 aliphatic carbocycles. The van der Waals surface area contributed by atoms with E-state index in [4.69, 9.17) is 18.9 Å². The molecule has 0 aliphatic rings. The molecule has 0 spiro atoms. The van der Waals surface area contributed by atoms with E-state index < -0.39 is 24.4 Å². The summed E-state index contributed by atoms with van der Waals surface area (Å²) in [5.74, 6) is 0. The molecular formula is C20H38N4O8. The van der Waals surface area contributed by atoms with Gasteiger partial charge in [-0.25, -0.2) is 19.2 Å². The van der Waals surface area contributed by atoms with Crippen LogP contribution in [0.2, 0.25) is 0 Å². The summed E-state index contributed by atoms with van der Waals surface area (Å²) in [5, 5.41) is 10.2. The highest BCUT2D eigenvalue weighted by atomic mass is 16.6. The Balaban J connectivity index is 3.43. The quantitative estimate of drug-likeness (QED) is 0.213. The second-order valence-corrected chi connectivity index (χ2v) is 7.30. The van der Waals surface area contributed by atoms with Crippen LogP contribution >= 0.6 is 0 Å². The van der Waals surface area contributed by atoms with Crippen molar-refractivity contribution < 1.29 is 38.1 Å². The molecule has 12 nitrogen and oxygen atoms in total. The van der Waals surface area contributed by atoms with Gasteiger partial charge < -0.3 is 40.2 Å². The predicted molar refractivity (Wildman–Crippen MR) is 116 cm³/mol. The molecule has 0 saturated heterocycles. The van der Waals surface area contributed by atoms with Crippen LogP contribution in [-0.2, 0) is 18.9 Å². The Morgan fingerprint density at radius 2 is 0.875 bits per heavy atom. The molecule has 0 radical (unpaired) electrons. The molecule has 0 aromatic rings. The molecule has 0 fully saturated rings. The summed E-state index contributed by atoms with van der Waals surface area (Å²) in [6.07, 6.45) is 0.705. The first-order chi connectivity index (χ1) is 15.2. The number of nitrogens with one attached hydrogen (secondary N) is 4. The fraction of sp³-hybridized carbons (Fsp3) is 0.800. The standard InChI is InChI=1S/C20H38N4O8/c1-15(2)31-19(27)23-11-13-29-17(25)21-9-7-5-6-8-10-22-18(26)30-14-12-24-20(28)32-16(3)4/h15-16H,5-14H2,1-4H3,(H,21,25)(H,22,26)(H,23,27)(H,24,28). The Hall–Kier alpha value is -2.92. The van der Waals surface area contributed by atoms with E-state index in [1.165, 1.54) is 0 Å². The van der Waals surface area contributed by atoms with Crippen molar-refractivity contribution in [2.75, 3.05) is 39.4 Å². The molecule has 0 atom stereocenters. The SMILES string of the molecule is CC(C)OC(=O)NCCOC(=O)NCCCCCCNC(=O)OCCNC(=O)OC(C)C. The third-order valence-corrected chi connectivity index (χ3v) is 3.54. The molecular weight excluding hydrogens is 424 g/mol. The van der Waals surface area contributed by atoms with Crippen molar-refractivity contribution in [3.63, 3.8) is 0 Å². The average molecular weight is 463 g/mol. The van der Waals surface area contributed by atoms with Gasteiger partial charge in [0.25, 0.3) is 0 Å². The topological polar surface area (TPSA) is 153 Å². The van der Waals surface area contributed by atoms with Gasteiger partial charge >= 0.3 is 24.4 Å². The zero-order valence-electron chi connectivity index (χ0n) is 19.5. The summed E-state index contributed by atoms with van der Waals surface area (Å²) in [5.41, 5.74) is 0. The first kappa shape index (κ1) is 29.1. The van der Waals surface area contributed by atoms with Gasteiger partial charge in [0.15, 0.2) is 0 Å². The lowest BCUT2D eigenvalue weighted by Crippen LogP contribution is -2.32. The molecule has 4 N–H and O–H groups in total. The van der Waals surface area contributed by atoms with Crippen molar-refractivity contribution in [2.24, 2.45) is 0 Å². The van der Waals surface area contributed by atoms with Gasteiger partial charge in [0.1, 0.15) is 13.2 Å². The molecule has 0 unspecified atom stereocenters. The minimum absolute atomic E-state index is 0.0545. The minimum Gasteiger partial charge on any atom is -0.448 e. The van der Waals surface area contributed by atoms with Crippen LogP contribution in [0, 0.1) is 0 Å². The van der Waals surface area contributed by atoms with Crippen molar-refractivity contribution >= 4 is 24.4 Å². The van der Waals surface area contributed by atoms with Crippen LogP contribution < -0.4 is 21.3 Å². The van der Waals surface area contributed by atoms with Crippen molar-refractivity contribution in [1.29, 1.82) is 0 Å². The van der Waals surface area contributed by atoms with Crippen LogP contribution in [0.1, 0.15) is 53.4 Å². The molecule has 0 aromatic carbocycles. The zero-order chi connectivity index (χ0) is 24.2. The van der Waals surface area contributed by atoms with E-state index in [0.717, 1.165) is 25.7 Å². The maximum Gasteiger partial charge on any atom is 0.407 e. The highest BCUT2D eigenvalue weighted by Crippen LogP contribution is 1.98. The maximum atomic E-state index is 11.5. The maximum absolute atomic E-state index is 11.5. The number of amides is 4. The van der Waals surface area contributed by atoms with E-state index in [1.54, 1.807) is 27.7 Å². The first-order valence-corrected chi connectivity index (χ1v) is 10.9. The number of hydrogen-bond donors (Lipinski definition) is 4. The van der Waals surface area contributed by atoms with E-state index in [9.17, 15) is 19.2 Å². The fourth-order valence-corrected chi connectivity index (χ4v) is 2.19. The van der Waals surface area contributed by atoms with Crippen LogP contribution in [-0.4, -0.2) is 76.0 Å². The molecule has 0 rings (SSSR count). The average Bonchev–Trinajstić information content (AvgIpc) is 2.69. The second-order valence-electron chi connectivity index (χ2n) is 7.30. The molecule has 0 aromatic heterocycles. The lowest BCUT2D eigenvalue weighted by molar-refractivity contribution is 0.109. The van der Waals surface area contributed by atoms with E-state index >= 15 is 0 Å². The monoisotopic (exact) mass is 462 g/mol. The van der Waals surface area contributed by atoms with Gasteiger partial charge in [0, 0.05) is 13.1 Å². The third kappa shape index (κ3) is 20.4. The van der Waals surface area contributed by atoms with Gasteiger partial charge in [-0.05, 0) is 40.5 Å². The number of alkyl carbamates (subject to hydrolysis) is 4. The van der Waals surface area contributed by atoms with Gasteiger partial charge in [-0.15, -0.1) is 0 Å². The summed E-state index contributed by atoms with van der Waals surface area (Å²) in [4.78, 5) is 45.5. The van der Waals surface area contributed by atoms with E-state index in [2.05, 4.69) is 21.3 Å². The number of unbranched alkanes of at least 4 members (excludes halogenated alkanes) is 3. The van der Waals surface area contributed by atoms with Gasteiger partial charge in [-0.1, -0.05) is 12.8 Å². The summed E-state index contributed by atoms with van der Waals surface area (Å²) in [7, 11) is 0. The minimum atomic E-state index is -0.549. The van der Waals surface area contributed by atoms with Crippen LogP contribution in [0.5, 0.6) is 0 Å². The Morgan fingerprint density at radius 3 is 1.22 bits per heavy atom. The Morgan fingerprint density at radius 1 is 0.531 bits per heavy atom. The molecule has 12 heteroatoms. The van der Waals surface area contributed by atoms with Crippen LogP contribution in [0.15, 0.2) is 0 Å². The summed E-state index contributed by atoms with van der Waals surface area (Å²) < 4.78 is 19.6. The molecule has 0 bridgehead atoms. The molecule has 186 valence electrons. The number of hydrogen-bond acceptors (Lipinski definition) is 8. The van der Waals surface area contributed by atoms with Crippen LogP contribution in [0.4, 0.5) is 19.2 Å². The second kappa shape index (κ2) is 18.8. The number of rotatable bonds is 15. The molecule has 4 amide bonds. The van der Waals surface area contributed by atoms with Crippen molar-refractivity contribution in [2.45, 2.75) is 65.6 Å². The van der Waals surface area contributed by atoms with E-state index in [-0.39, 0.29) is 38.5 Å². The smallest absolute Gasteiger partial charge is 0.407 e. The molecule has 0 heterocycles. The number of carbonyl (C=O) groups is 4. The van der Waals surface area contributed by atoms with Crippen molar-refractivity contribution in [3.8, 4) is 0 Å². The van der Waals surface area contributed by atoms with Crippen molar-refractivity contribution in [1.82, 2.24) is 21.3 Å². The van der Waals surface area contributed by atoms with Gasteiger partial charge in [0.05, 0.1) is 25.3 Å². The highest BCUT2D eigenvalue weighted by Gasteiger charge is 2.06. The normalized spacial score (nSPS) is 10.3. The number of carbonyl (C=O) groups excluding carboxylic acids is 4. The van der Waals surface area contributed by atoms with E-state index in [1.807, 2.05) is 0 Å². The lowest BCUT2D eigenvalue weighted by atomic mass is 10.2. The Bertz CT molecular complexity index is 510.